The average Bonchev–Trinajstić information content (AvgIpc) is 3.09. The smallest absolute Gasteiger partial charge is 0.256 e. The summed E-state index contributed by atoms with van der Waals surface area (Å²) in [6.07, 6.45) is 3.51. The molecule has 0 fully saturated rings. The summed E-state index contributed by atoms with van der Waals surface area (Å²) >= 11 is 0. The van der Waals surface area contributed by atoms with Crippen molar-refractivity contribution < 1.29 is 9.90 Å². The Hall–Kier alpha value is -2.86. The first kappa shape index (κ1) is 17.9. The maximum atomic E-state index is 12.7. The van der Waals surface area contributed by atoms with Gasteiger partial charge in [0.2, 0.25) is 0 Å². The van der Waals surface area contributed by atoms with Gasteiger partial charge in [0.25, 0.3) is 5.91 Å². The van der Waals surface area contributed by atoms with Crippen molar-refractivity contribution in [2.75, 3.05) is 25.0 Å². The summed E-state index contributed by atoms with van der Waals surface area (Å²) in [4.78, 5) is 15.0. The lowest BCUT2D eigenvalue weighted by atomic mass is 10.0. The van der Waals surface area contributed by atoms with Crippen molar-refractivity contribution >= 4 is 22.4 Å². The van der Waals surface area contributed by atoms with Crippen LogP contribution in [0, 0.1) is 0 Å². The molecule has 26 heavy (non-hydrogen) atoms. The normalized spacial score (nSPS) is 11.2. The second-order valence-corrected chi connectivity index (χ2v) is 6.18. The molecule has 1 heterocycles. The number of phenolic OH excluding ortho intramolecular Hbond substituents is 1. The van der Waals surface area contributed by atoms with Crippen LogP contribution in [-0.4, -0.2) is 45.3 Å². The molecule has 0 saturated carbocycles. The van der Waals surface area contributed by atoms with Crippen LogP contribution in [0.3, 0.4) is 0 Å². The molecule has 0 radical (unpaired) electrons. The fourth-order valence-electron chi connectivity index (χ4n) is 3.00. The van der Waals surface area contributed by atoms with Crippen LogP contribution in [-0.2, 0) is 6.54 Å². The molecule has 136 valence electrons. The minimum absolute atomic E-state index is 0.185. The number of likely N-dealkylation sites (N-methyl/N-ethyl adjacent to an activating group) is 1. The SMILES string of the molecule is CCN(CC)CCn1cc(NC(=O)c2cccc3cc(O)ccc23)cn1. The van der Waals surface area contributed by atoms with Crippen molar-refractivity contribution in [2.24, 2.45) is 0 Å². The number of carbonyl (C=O) groups is 1. The number of hydrogen-bond acceptors (Lipinski definition) is 4. The third-order valence-corrected chi connectivity index (χ3v) is 4.54. The number of fused-ring (bicyclic) bond motifs is 1. The van der Waals surface area contributed by atoms with Gasteiger partial charge in [-0.05, 0) is 48.1 Å². The third-order valence-electron chi connectivity index (χ3n) is 4.54. The monoisotopic (exact) mass is 352 g/mol. The molecule has 0 atom stereocenters. The van der Waals surface area contributed by atoms with E-state index < -0.39 is 0 Å². The number of carbonyl (C=O) groups excluding carboxylic acids is 1. The molecule has 0 aliphatic heterocycles. The highest BCUT2D eigenvalue weighted by atomic mass is 16.3. The molecular formula is C20H24N4O2. The van der Waals surface area contributed by atoms with E-state index in [1.165, 1.54) is 0 Å². The zero-order chi connectivity index (χ0) is 18.5. The minimum atomic E-state index is -0.190. The quantitative estimate of drug-likeness (QED) is 0.684. The fraction of sp³-hybridized carbons (Fsp3) is 0.300. The van der Waals surface area contributed by atoms with Gasteiger partial charge in [-0.1, -0.05) is 26.0 Å². The van der Waals surface area contributed by atoms with Crippen molar-refractivity contribution in [2.45, 2.75) is 20.4 Å². The molecule has 3 aromatic rings. The predicted molar refractivity (Wildman–Crippen MR) is 104 cm³/mol. The second-order valence-electron chi connectivity index (χ2n) is 6.18. The number of amides is 1. The summed E-state index contributed by atoms with van der Waals surface area (Å²) in [5.41, 5.74) is 1.24. The van der Waals surface area contributed by atoms with Crippen LogP contribution in [0.5, 0.6) is 5.75 Å². The summed E-state index contributed by atoms with van der Waals surface area (Å²) in [5, 5.41) is 18.5. The topological polar surface area (TPSA) is 70.4 Å². The fourth-order valence-corrected chi connectivity index (χ4v) is 3.00. The summed E-state index contributed by atoms with van der Waals surface area (Å²) in [7, 11) is 0. The number of hydrogen-bond donors (Lipinski definition) is 2. The summed E-state index contributed by atoms with van der Waals surface area (Å²) in [6, 6.07) is 10.5. The standard InChI is InChI=1S/C20H24N4O2/c1-3-23(4-2)10-11-24-14-16(13-21-24)22-20(26)19-7-5-6-15-12-17(25)8-9-18(15)19/h5-9,12-14,25H,3-4,10-11H2,1-2H3,(H,22,26). The molecule has 0 aliphatic rings. The average molecular weight is 352 g/mol. The Morgan fingerprint density at radius 1 is 1.23 bits per heavy atom. The van der Waals surface area contributed by atoms with E-state index >= 15 is 0 Å². The summed E-state index contributed by atoms with van der Waals surface area (Å²) in [6.45, 7) is 8.01. The Balaban J connectivity index is 1.71. The van der Waals surface area contributed by atoms with Gasteiger partial charge in [0.1, 0.15) is 5.75 Å². The van der Waals surface area contributed by atoms with Crippen LogP contribution in [0.25, 0.3) is 10.8 Å². The van der Waals surface area contributed by atoms with Gasteiger partial charge in [0.05, 0.1) is 18.4 Å². The van der Waals surface area contributed by atoms with Crippen LogP contribution >= 0.6 is 0 Å². The van der Waals surface area contributed by atoms with E-state index in [1.807, 2.05) is 23.0 Å². The number of phenols is 1. The van der Waals surface area contributed by atoms with Crippen molar-refractivity contribution in [3.63, 3.8) is 0 Å². The molecule has 1 aromatic heterocycles. The highest BCUT2D eigenvalue weighted by Crippen LogP contribution is 2.24. The number of benzene rings is 2. The van der Waals surface area contributed by atoms with Crippen molar-refractivity contribution in [3.8, 4) is 5.75 Å². The number of aromatic hydroxyl groups is 1. The Labute approximate surface area is 153 Å². The number of rotatable bonds is 7. The molecule has 0 saturated heterocycles. The maximum Gasteiger partial charge on any atom is 0.256 e. The molecule has 0 bridgehead atoms. The van der Waals surface area contributed by atoms with Gasteiger partial charge in [0, 0.05) is 18.3 Å². The molecule has 0 aliphatic carbocycles. The summed E-state index contributed by atoms with van der Waals surface area (Å²) in [5.74, 6) is -0.00544. The van der Waals surface area contributed by atoms with Gasteiger partial charge in [-0.15, -0.1) is 0 Å². The second kappa shape index (κ2) is 8.01. The lowest BCUT2D eigenvalue weighted by molar-refractivity contribution is 0.102. The van der Waals surface area contributed by atoms with Gasteiger partial charge in [-0.3, -0.25) is 9.48 Å². The number of nitrogens with zero attached hydrogens (tertiary/aromatic N) is 3. The number of aromatic nitrogens is 2. The third kappa shape index (κ3) is 4.03. The van der Waals surface area contributed by atoms with E-state index in [2.05, 4.69) is 29.2 Å². The zero-order valence-electron chi connectivity index (χ0n) is 15.1. The first-order chi connectivity index (χ1) is 12.6. The Bertz CT molecular complexity index is 900. The van der Waals surface area contributed by atoms with E-state index in [0.717, 1.165) is 37.0 Å². The van der Waals surface area contributed by atoms with E-state index in [4.69, 9.17) is 0 Å². The minimum Gasteiger partial charge on any atom is -0.508 e. The van der Waals surface area contributed by atoms with Crippen molar-refractivity contribution in [3.05, 3.63) is 54.4 Å². The highest BCUT2D eigenvalue weighted by Gasteiger charge is 2.12. The maximum absolute atomic E-state index is 12.7. The van der Waals surface area contributed by atoms with Gasteiger partial charge in [-0.2, -0.15) is 5.10 Å². The lowest BCUT2D eigenvalue weighted by Gasteiger charge is -2.17. The molecule has 6 nitrogen and oxygen atoms in total. The first-order valence-corrected chi connectivity index (χ1v) is 8.88. The van der Waals surface area contributed by atoms with Crippen LogP contribution < -0.4 is 5.32 Å². The van der Waals surface area contributed by atoms with Crippen molar-refractivity contribution in [1.29, 1.82) is 0 Å². The number of nitrogens with one attached hydrogen (secondary N) is 1. The molecular weight excluding hydrogens is 328 g/mol. The number of anilines is 1. The Morgan fingerprint density at radius 3 is 2.81 bits per heavy atom. The first-order valence-electron chi connectivity index (χ1n) is 8.88. The molecule has 2 N–H and O–H groups in total. The lowest BCUT2D eigenvalue weighted by Crippen LogP contribution is -2.27. The van der Waals surface area contributed by atoms with E-state index in [0.29, 0.717) is 11.3 Å². The zero-order valence-corrected chi connectivity index (χ0v) is 15.1. The predicted octanol–water partition coefficient (Wildman–Crippen LogP) is 3.34. The summed E-state index contributed by atoms with van der Waals surface area (Å²) < 4.78 is 1.84. The van der Waals surface area contributed by atoms with Gasteiger partial charge >= 0.3 is 0 Å². The molecule has 1 amide bonds. The van der Waals surface area contributed by atoms with Gasteiger partial charge in [-0.25, -0.2) is 0 Å². The van der Waals surface area contributed by atoms with Crippen LogP contribution in [0.1, 0.15) is 24.2 Å². The van der Waals surface area contributed by atoms with Crippen LogP contribution in [0.15, 0.2) is 48.8 Å². The molecule has 3 rings (SSSR count). The largest absolute Gasteiger partial charge is 0.508 e. The van der Waals surface area contributed by atoms with Crippen LogP contribution in [0.4, 0.5) is 5.69 Å². The van der Waals surface area contributed by atoms with E-state index in [1.54, 1.807) is 30.5 Å². The molecule has 0 spiro atoms. The van der Waals surface area contributed by atoms with Gasteiger partial charge < -0.3 is 15.3 Å². The van der Waals surface area contributed by atoms with E-state index in [-0.39, 0.29) is 11.7 Å². The Kier molecular flexibility index (Phi) is 5.53. The van der Waals surface area contributed by atoms with Gasteiger partial charge in [0.15, 0.2) is 0 Å². The molecule has 2 aromatic carbocycles. The van der Waals surface area contributed by atoms with E-state index in [9.17, 15) is 9.90 Å². The highest BCUT2D eigenvalue weighted by molar-refractivity contribution is 6.13. The molecule has 0 unspecified atom stereocenters. The Morgan fingerprint density at radius 2 is 2.04 bits per heavy atom. The van der Waals surface area contributed by atoms with Crippen LogP contribution in [0.2, 0.25) is 0 Å². The van der Waals surface area contributed by atoms with Crippen molar-refractivity contribution in [1.82, 2.24) is 14.7 Å². The molecule has 6 heteroatoms.